The molecule has 0 bridgehead atoms. The Morgan fingerprint density at radius 3 is 2.62 bits per heavy atom. The Morgan fingerprint density at radius 1 is 1.50 bits per heavy atom. The van der Waals surface area contributed by atoms with Crippen LogP contribution in [0.4, 0.5) is 0 Å². The lowest BCUT2D eigenvalue weighted by Gasteiger charge is -2.26. The number of aliphatic hydroxyl groups is 2. The summed E-state index contributed by atoms with van der Waals surface area (Å²) in [6, 6.07) is 3.22. The molecule has 5 nitrogen and oxygen atoms in total. The molecular formula is C11H16N2O3. The van der Waals surface area contributed by atoms with Crippen molar-refractivity contribution in [2.24, 2.45) is 0 Å². The monoisotopic (exact) mass is 224 g/mol. The minimum atomic E-state index is -1.01. The number of aryl methyl sites for hydroxylation is 1. The number of pyridine rings is 1. The van der Waals surface area contributed by atoms with Crippen LogP contribution in [0.2, 0.25) is 0 Å². The van der Waals surface area contributed by atoms with Crippen molar-refractivity contribution in [3.63, 3.8) is 0 Å². The van der Waals surface area contributed by atoms with Gasteiger partial charge in [-0.25, -0.2) is 0 Å². The Kier molecular flexibility index (Phi) is 3.98. The van der Waals surface area contributed by atoms with E-state index in [0.717, 1.165) is 5.69 Å². The summed E-state index contributed by atoms with van der Waals surface area (Å²) >= 11 is 0. The highest BCUT2D eigenvalue weighted by Gasteiger charge is 2.25. The molecular weight excluding hydrogens is 208 g/mol. The molecule has 88 valence electrons. The zero-order valence-corrected chi connectivity index (χ0v) is 9.40. The first kappa shape index (κ1) is 12.6. The average molecular weight is 224 g/mol. The second-order valence-electron chi connectivity index (χ2n) is 4.02. The molecule has 0 saturated heterocycles. The Hall–Kier alpha value is -1.46. The Labute approximate surface area is 94.1 Å². The van der Waals surface area contributed by atoms with Gasteiger partial charge in [-0.1, -0.05) is 0 Å². The first-order valence-corrected chi connectivity index (χ1v) is 4.97. The number of aromatic nitrogens is 1. The Morgan fingerprint density at radius 2 is 2.12 bits per heavy atom. The molecule has 0 aromatic carbocycles. The van der Waals surface area contributed by atoms with Gasteiger partial charge in [-0.15, -0.1) is 0 Å². The van der Waals surface area contributed by atoms with Crippen LogP contribution in [0.25, 0.3) is 0 Å². The minimum Gasteiger partial charge on any atom is -0.394 e. The van der Waals surface area contributed by atoms with Crippen molar-refractivity contribution in [2.75, 3.05) is 13.2 Å². The number of nitrogens with one attached hydrogen (secondary N) is 1. The molecule has 0 aliphatic heterocycles. The summed E-state index contributed by atoms with van der Waals surface area (Å²) in [6.07, 6.45) is 1.54. The van der Waals surface area contributed by atoms with Gasteiger partial charge in [-0.2, -0.15) is 0 Å². The van der Waals surface area contributed by atoms with E-state index in [0.29, 0.717) is 5.56 Å². The van der Waals surface area contributed by atoms with Crippen LogP contribution in [0.5, 0.6) is 0 Å². The van der Waals surface area contributed by atoms with E-state index < -0.39 is 5.54 Å². The third-order valence-electron chi connectivity index (χ3n) is 2.27. The molecule has 5 heteroatoms. The van der Waals surface area contributed by atoms with Crippen LogP contribution in [0.1, 0.15) is 23.0 Å². The lowest BCUT2D eigenvalue weighted by Crippen LogP contribution is -2.51. The lowest BCUT2D eigenvalue weighted by molar-refractivity contribution is 0.0723. The largest absolute Gasteiger partial charge is 0.394 e. The molecule has 0 spiro atoms. The highest BCUT2D eigenvalue weighted by atomic mass is 16.3. The summed E-state index contributed by atoms with van der Waals surface area (Å²) in [5, 5.41) is 20.7. The van der Waals surface area contributed by atoms with Crippen molar-refractivity contribution in [3.05, 3.63) is 29.6 Å². The van der Waals surface area contributed by atoms with Crippen LogP contribution >= 0.6 is 0 Å². The minimum absolute atomic E-state index is 0.320. The van der Waals surface area contributed by atoms with Gasteiger partial charge in [0.15, 0.2) is 0 Å². The maximum atomic E-state index is 11.8. The van der Waals surface area contributed by atoms with Crippen molar-refractivity contribution in [3.8, 4) is 0 Å². The van der Waals surface area contributed by atoms with Gasteiger partial charge < -0.3 is 15.5 Å². The van der Waals surface area contributed by atoms with Crippen molar-refractivity contribution < 1.29 is 15.0 Å². The predicted molar refractivity (Wildman–Crippen MR) is 59.0 cm³/mol. The van der Waals surface area contributed by atoms with Crippen LogP contribution in [0.15, 0.2) is 18.3 Å². The molecule has 0 saturated carbocycles. The third-order valence-corrected chi connectivity index (χ3v) is 2.27. The van der Waals surface area contributed by atoms with Crippen LogP contribution in [-0.2, 0) is 0 Å². The Bertz CT molecular complexity index is 375. The van der Waals surface area contributed by atoms with Gasteiger partial charge in [0, 0.05) is 17.5 Å². The summed E-state index contributed by atoms with van der Waals surface area (Å²) in [7, 11) is 0. The fraction of sp³-hybridized carbons (Fsp3) is 0.455. The van der Waals surface area contributed by atoms with E-state index in [9.17, 15) is 4.79 Å². The zero-order chi connectivity index (χ0) is 12.2. The molecule has 1 amide bonds. The summed E-state index contributed by atoms with van der Waals surface area (Å²) in [6.45, 7) is 2.71. The van der Waals surface area contributed by atoms with Gasteiger partial charge in [-0.05, 0) is 26.0 Å². The smallest absolute Gasteiger partial charge is 0.251 e. The van der Waals surface area contributed by atoms with E-state index in [2.05, 4.69) is 10.3 Å². The molecule has 0 unspecified atom stereocenters. The van der Waals surface area contributed by atoms with Crippen LogP contribution in [0, 0.1) is 6.92 Å². The fourth-order valence-electron chi connectivity index (χ4n) is 1.16. The number of amides is 1. The zero-order valence-electron chi connectivity index (χ0n) is 9.40. The van der Waals surface area contributed by atoms with Gasteiger partial charge in [0.25, 0.3) is 5.91 Å². The number of nitrogens with zero attached hydrogens (tertiary/aromatic N) is 1. The van der Waals surface area contributed by atoms with E-state index in [-0.39, 0.29) is 19.1 Å². The molecule has 16 heavy (non-hydrogen) atoms. The van der Waals surface area contributed by atoms with Crippen molar-refractivity contribution in [2.45, 2.75) is 19.4 Å². The number of hydrogen-bond acceptors (Lipinski definition) is 4. The molecule has 0 radical (unpaired) electrons. The summed E-state index contributed by atoms with van der Waals surface area (Å²) in [4.78, 5) is 15.7. The standard InChI is InChI=1S/C11H16N2O3/c1-8-5-9(3-4-12-8)10(16)13-11(2,6-14)7-15/h3-5,14-15H,6-7H2,1-2H3,(H,13,16). The summed E-state index contributed by atoms with van der Waals surface area (Å²) in [5.41, 5.74) is 0.192. The molecule has 0 atom stereocenters. The molecule has 1 heterocycles. The average Bonchev–Trinajstić information content (AvgIpc) is 2.29. The van der Waals surface area contributed by atoms with Gasteiger partial charge in [0.05, 0.1) is 18.8 Å². The first-order chi connectivity index (χ1) is 7.50. The van der Waals surface area contributed by atoms with Gasteiger partial charge in [-0.3, -0.25) is 9.78 Å². The number of hydrogen-bond donors (Lipinski definition) is 3. The third kappa shape index (κ3) is 3.01. The molecule has 1 rings (SSSR count). The number of carbonyl (C=O) groups excluding carboxylic acids is 1. The number of carbonyl (C=O) groups is 1. The van der Waals surface area contributed by atoms with E-state index in [1.54, 1.807) is 32.2 Å². The highest BCUT2D eigenvalue weighted by molar-refractivity contribution is 5.94. The first-order valence-electron chi connectivity index (χ1n) is 4.97. The van der Waals surface area contributed by atoms with E-state index >= 15 is 0 Å². The van der Waals surface area contributed by atoms with Crippen molar-refractivity contribution in [1.29, 1.82) is 0 Å². The van der Waals surface area contributed by atoms with Gasteiger partial charge in [0.1, 0.15) is 0 Å². The fourth-order valence-corrected chi connectivity index (χ4v) is 1.16. The highest BCUT2D eigenvalue weighted by Crippen LogP contribution is 2.06. The quantitative estimate of drug-likeness (QED) is 0.665. The van der Waals surface area contributed by atoms with Crippen molar-refractivity contribution in [1.82, 2.24) is 10.3 Å². The predicted octanol–water partition coefficient (Wildman–Crippen LogP) is -0.137. The molecule has 0 fully saturated rings. The molecule has 0 aliphatic rings. The molecule has 1 aromatic rings. The topological polar surface area (TPSA) is 82.5 Å². The van der Waals surface area contributed by atoms with Crippen LogP contribution in [0.3, 0.4) is 0 Å². The van der Waals surface area contributed by atoms with Crippen LogP contribution < -0.4 is 5.32 Å². The SMILES string of the molecule is Cc1cc(C(=O)NC(C)(CO)CO)ccn1. The number of aliphatic hydroxyl groups excluding tert-OH is 2. The molecule has 0 aliphatic carbocycles. The second kappa shape index (κ2) is 5.05. The Balaban J connectivity index is 2.80. The van der Waals surface area contributed by atoms with Crippen LogP contribution in [-0.4, -0.2) is 39.9 Å². The summed E-state index contributed by atoms with van der Waals surface area (Å²) < 4.78 is 0. The summed E-state index contributed by atoms with van der Waals surface area (Å²) in [5.74, 6) is -0.337. The van der Waals surface area contributed by atoms with Gasteiger partial charge in [0.2, 0.25) is 0 Å². The van der Waals surface area contributed by atoms with Gasteiger partial charge >= 0.3 is 0 Å². The normalized spacial score (nSPS) is 11.2. The van der Waals surface area contributed by atoms with E-state index in [1.807, 2.05) is 0 Å². The maximum absolute atomic E-state index is 11.8. The lowest BCUT2D eigenvalue weighted by atomic mass is 10.0. The number of rotatable bonds is 4. The van der Waals surface area contributed by atoms with E-state index in [4.69, 9.17) is 10.2 Å². The molecule has 1 aromatic heterocycles. The van der Waals surface area contributed by atoms with E-state index in [1.165, 1.54) is 0 Å². The van der Waals surface area contributed by atoms with Crippen molar-refractivity contribution >= 4 is 5.91 Å². The molecule has 3 N–H and O–H groups in total. The maximum Gasteiger partial charge on any atom is 0.251 e. The second-order valence-corrected chi connectivity index (χ2v) is 4.02.